The fraction of sp³-hybridized carbons (Fsp3) is 0.238. The second kappa shape index (κ2) is 8.54. The van der Waals surface area contributed by atoms with E-state index in [-0.39, 0.29) is 17.4 Å². The number of aromatic nitrogens is 3. The van der Waals surface area contributed by atoms with Crippen molar-refractivity contribution in [3.63, 3.8) is 0 Å². The number of carbonyl (C=O) groups is 2. The van der Waals surface area contributed by atoms with Crippen molar-refractivity contribution in [3.8, 4) is 0 Å². The van der Waals surface area contributed by atoms with Crippen LogP contribution in [0.1, 0.15) is 27.8 Å². The van der Waals surface area contributed by atoms with Crippen molar-refractivity contribution < 1.29 is 9.59 Å². The summed E-state index contributed by atoms with van der Waals surface area (Å²) >= 11 is 6.02. The van der Waals surface area contributed by atoms with E-state index in [4.69, 9.17) is 11.6 Å². The van der Waals surface area contributed by atoms with Crippen molar-refractivity contribution in [1.29, 1.82) is 0 Å². The molecule has 4 rings (SSSR count). The maximum Gasteiger partial charge on any atom is 0.278 e. The van der Waals surface area contributed by atoms with Crippen LogP contribution in [-0.4, -0.2) is 58.2 Å². The van der Waals surface area contributed by atoms with E-state index in [1.807, 2.05) is 36.4 Å². The molecule has 8 nitrogen and oxygen atoms in total. The van der Waals surface area contributed by atoms with Crippen LogP contribution in [0.4, 0.5) is 17.2 Å². The first kappa shape index (κ1) is 19.9. The predicted molar refractivity (Wildman–Crippen MR) is 116 cm³/mol. The van der Waals surface area contributed by atoms with Crippen LogP contribution in [0.25, 0.3) is 0 Å². The van der Waals surface area contributed by atoms with Gasteiger partial charge in [-0.3, -0.25) is 9.59 Å². The Balaban J connectivity index is 1.40. The van der Waals surface area contributed by atoms with Crippen LogP contribution in [0.3, 0.4) is 0 Å². The Morgan fingerprint density at radius 3 is 2.43 bits per heavy atom. The molecule has 2 heterocycles. The van der Waals surface area contributed by atoms with E-state index in [9.17, 15) is 9.59 Å². The Hall–Kier alpha value is -3.39. The van der Waals surface area contributed by atoms with E-state index in [2.05, 4.69) is 25.6 Å². The summed E-state index contributed by atoms with van der Waals surface area (Å²) < 4.78 is 0. The quantitative estimate of drug-likeness (QED) is 0.610. The summed E-state index contributed by atoms with van der Waals surface area (Å²) in [5.74, 6) is 0.233. The van der Waals surface area contributed by atoms with Gasteiger partial charge in [0.05, 0.1) is 0 Å². The third-order valence-corrected chi connectivity index (χ3v) is 5.28. The molecule has 0 saturated carbocycles. The van der Waals surface area contributed by atoms with Gasteiger partial charge < -0.3 is 15.1 Å². The Morgan fingerprint density at radius 1 is 1.03 bits per heavy atom. The van der Waals surface area contributed by atoms with Crippen LogP contribution in [0.15, 0.2) is 48.5 Å². The molecule has 30 heavy (non-hydrogen) atoms. The van der Waals surface area contributed by atoms with Gasteiger partial charge in [-0.15, -0.1) is 10.2 Å². The van der Waals surface area contributed by atoms with E-state index in [0.29, 0.717) is 42.6 Å². The number of halogens is 1. The van der Waals surface area contributed by atoms with Gasteiger partial charge in [0.25, 0.3) is 5.91 Å². The minimum Gasteiger partial charge on any atom is -0.368 e. The highest BCUT2D eigenvalue weighted by molar-refractivity contribution is 6.30. The van der Waals surface area contributed by atoms with Crippen molar-refractivity contribution in [2.24, 2.45) is 0 Å². The molecule has 0 radical (unpaired) electrons. The lowest BCUT2D eigenvalue weighted by atomic mass is 10.1. The number of Topliss-reactive ketones (excluding diaryl/α,β-unsaturated/α-hetero) is 1. The molecular formula is C21H21ClN6O2. The lowest BCUT2D eigenvalue weighted by Crippen LogP contribution is -2.49. The van der Waals surface area contributed by atoms with E-state index in [1.54, 1.807) is 24.0 Å². The first-order chi connectivity index (χ1) is 14.5. The summed E-state index contributed by atoms with van der Waals surface area (Å²) in [6, 6.07) is 14.7. The molecule has 1 saturated heterocycles. The molecule has 0 atom stereocenters. The Bertz CT molecular complexity index is 1060. The van der Waals surface area contributed by atoms with Crippen molar-refractivity contribution in [2.45, 2.75) is 6.92 Å². The second-order valence-electron chi connectivity index (χ2n) is 7.04. The summed E-state index contributed by atoms with van der Waals surface area (Å²) in [6.45, 7) is 4.08. The third-order valence-electron chi connectivity index (χ3n) is 5.04. The lowest BCUT2D eigenvalue weighted by Gasteiger charge is -2.35. The Morgan fingerprint density at radius 2 is 1.77 bits per heavy atom. The molecule has 0 unspecified atom stereocenters. The number of hydrogen-bond acceptors (Lipinski definition) is 6. The van der Waals surface area contributed by atoms with E-state index < -0.39 is 0 Å². The van der Waals surface area contributed by atoms with Crippen LogP contribution in [0, 0.1) is 0 Å². The number of nitrogens with zero attached hydrogens (tertiary/aromatic N) is 4. The molecule has 2 aromatic carbocycles. The first-order valence-electron chi connectivity index (χ1n) is 9.60. The van der Waals surface area contributed by atoms with E-state index in [1.165, 1.54) is 0 Å². The number of aromatic amines is 1. The molecule has 1 aliphatic rings. The number of H-pyrrole nitrogens is 1. The summed E-state index contributed by atoms with van der Waals surface area (Å²) in [6.07, 6.45) is 0. The van der Waals surface area contributed by atoms with Gasteiger partial charge >= 0.3 is 0 Å². The Kier molecular flexibility index (Phi) is 5.67. The molecule has 1 amide bonds. The SMILES string of the molecule is CC(=O)c1ccc(N2CCN(C(=O)c3n[nH]nc3Nc3cccc(Cl)c3)CC2)cc1. The number of rotatable bonds is 5. The summed E-state index contributed by atoms with van der Waals surface area (Å²) in [5.41, 5.74) is 2.70. The fourth-order valence-corrected chi connectivity index (χ4v) is 3.58. The third kappa shape index (κ3) is 4.28. The molecule has 2 N–H and O–H groups in total. The van der Waals surface area contributed by atoms with Gasteiger partial charge in [-0.1, -0.05) is 17.7 Å². The average Bonchev–Trinajstić information content (AvgIpc) is 3.21. The zero-order valence-corrected chi connectivity index (χ0v) is 17.2. The van der Waals surface area contributed by atoms with Gasteiger partial charge in [0, 0.05) is 48.1 Å². The minimum atomic E-state index is -0.181. The largest absolute Gasteiger partial charge is 0.368 e. The molecule has 0 bridgehead atoms. The normalized spacial score (nSPS) is 13.9. The average molecular weight is 425 g/mol. The second-order valence-corrected chi connectivity index (χ2v) is 7.47. The molecule has 0 spiro atoms. The van der Waals surface area contributed by atoms with Gasteiger partial charge in [0.2, 0.25) is 0 Å². The molecule has 1 fully saturated rings. The highest BCUT2D eigenvalue weighted by atomic mass is 35.5. The smallest absolute Gasteiger partial charge is 0.278 e. The van der Waals surface area contributed by atoms with Gasteiger partial charge in [-0.25, -0.2) is 0 Å². The standard InChI is InChI=1S/C21H21ClN6O2/c1-14(29)15-5-7-18(8-6-15)27-9-11-28(12-10-27)21(30)19-20(25-26-24-19)23-17-4-2-3-16(22)13-17/h2-8,13H,9-12H2,1H3,(H2,23,24,25,26). The van der Waals surface area contributed by atoms with Gasteiger partial charge in [-0.05, 0) is 49.4 Å². The maximum atomic E-state index is 13.0. The highest BCUT2D eigenvalue weighted by Crippen LogP contribution is 2.22. The Labute approximate surface area is 178 Å². The van der Waals surface area contributed by atoms with Crippen LogP contribution in [-0.2, 0) is 0 Å². The molecular weight excluding hydrogens is 404 g/mol. The number of anilines is 3. The van der Waals surface area contributed by atoms with Crippen LogP contribution >= 0.6 is 11.6 Å². The van der Waals surface area contributed by atoms with E-state index >= 15 is 0 Å². The monoisotopic (exact) mass is 424 g/mol. The number of piperazine rings is 1. The van der Waals surface area contributed by atoms with Crippen molar-refractivity contribution >= 4 is 40.5 Å². The summed E-state index contributed by atoms with van der Waals surface area (Å²) in [5, 5.41) is 14.3. The molecule has 3 aromatic rings. The van der Waals surface area contributed by atoms with Crippen molar-refractivity contribution in [2.75, 3.05) is 36.4 Å². The topological polar surface area (TPSA) is 94.2 Å². The van der Waals surface area contributed by atoms with Crippen LogP contribution < -0.4 is 10.2 Å². The molecule has 1 aromatic heterocycles. The summed E-state index contributed by atoms with van der Waals surface area (Å²) in [7, 11) is 0. The van der Waals surface area contributed by atoms with Crippen molar-refractivity contribution in [3.05, 3.63) is 64.8 Å². The van der Waals surface area contributed by atoms with E-state index in [0.717, 1.165) is 11.4 Å². The number of ketones is 1. The zero-order chi connectivity index (χ0) is 21.1. The number of benzene rings is 2. The molecule has 154 valence electrons. The number of nitrogens with one attached hydrogen (secondary N) is 2. The predicted octanol–water partition coefficient (Wildman–Crippen LogP) is 3.37. The number of hydrogen-bond donors (Lipinski definition) is 2. The first-order valence-corrected chi connectivity index (χ1v) is 9.97. The summed E-state index contributed by atoms with van der Waals surface area (Å²) in [4.78, 5) is 28.4. The van der Waals surface area contributed by atoms with Gasteiger partial charge in [0.1, 0.15) is 0 Å². The van der Waals surface area contributed by atoms with Gasteiger partial charge in [0.15, 0.2) is 17.3 Å². The molecule has 0 aliphatic carbocycles. The lowest BCUT2D eigenvalue weighted by molar-refractivity contribution is 0.0741. The van der Waals surface area contributed by atoms with Crippen LogP contribution in [0.2, 0.25) is 5.02 Å². The minimum absolute atomic E-state index is 0.0479. The maximum absolute atomic E-state index is 13.0. The fourth-order valence-electron chi connectivity index (χ4n) is 3.39. The van der Waals surface area contributed by atoms with Gasteiger partial charge in [-0.2, -0.15) is 5.21 Å². The zero-order valence-electron chi connectivity index (χ0n) is 16.4. The van der Waals surface area contributed by atoms with Crippen LogP contribution in [0.5, 0.6) is 0 Å². The molecule has 1 aliphatic heterocycles. The van der Waals surface area contributed by atoms with Crippen molar-refractivity contribution in [1.82, 2.24) is 20.3 Å². The number of amides is 1. The highest BCUT2D eigenvalue weighted by Gasteiger charge is 2.26. The number of carbonyl (C=O) groups excluding carboxylic acids is 2. The molecule has 9 heteroatoms.